The van der Waals surface area contributed by atoms with Crippen LogP contribution in [0.2, 0.25) is 0 Å². The van der Waals surface area contributed by atoms with Crippen LogP contribution in [0.3, 0.4) is 0 Å². The van der Waals surface area contributed by atoms with Crippen LogP contribution in [0.1, 0.15) is 47.3 Å². The van der Waals surface area contributed by atoms with Gasteiger partial charge >= 0.3 is 0 Å². The number of carbonyl (C=O) groups excluding carboxylic acids is 1. The maximum Gasteiger partial charge on any atom is 0.251 e. The van der Waals surface area contributed by atoms with Gasteiger partial charge in [-0.3, -0.25) is 14.5 Å². The smallest absolute Gasteiger partial charge is 0.251 e. The zero-order chi connectivity index (χ0) is 22.8. The standard InChI is InChI=1S/C25H32N6O/c1-4-19(2)30-24(32)21-12-7-9-20(15-21)16-27-25(26-3)28-17-22-10-5-6-11-23(22)18-31-14-8-13-29-31/h5-15,19H,4,16-18H2,1-3H3,(H,30,32)(H2,26,27,28). The monoisotopic (exact) mass is 432 g/mol. The molecule has 0 aliphatic heterocycles. The van der Waals surface area contributed by atoms with Crippen LogP contribution in [0, 0.1) is 0 Å². The molecule has 1 atom stereocenters. The number of rotatable bonds is 9. The fourth-order valence-electron chi connectivity index (χ4n) is 3.27. The Labute approximate surface area is 190 Å². The average Bonchev–Trinajstić information content (AvgIpc) is 3.33. The summed E-state index contributed by atoms with van der Waals surface area (Å²) in [7, 11) is 1.75. The second-order valence-electron chi connectivity index (χ2n) is 7.73. The molecule has 168 valence electrons. The van der Waals surface area contributed by atoms with Crippen molar-refractivity contribution in [3.8, 4) is 0 Å². The SMILES string of the molecule is CCC(C)NC(=O)c1cccc(CNC(=NC)NCc2ccccc2Cn2cccn2)c1. The van der Waals surface area contributed by atoms with Crippen LogP contribution < -0.4 is 16.0 Å². The Morgan fingerprint density at radius 1 is 1.06 bits per heavy atom. The first-order chi connectivity index (χ1) is 15.6. The van der Waals surface area contributed by atoms with Crippen molar-refractivity contribution in [1.29, 1.82) is 0 Å². The van der Waals surface area contributed by atoms with Gasteiger partial charge in [0.15, 0.2) is 5.96 Å². The summed E-state index contributed by atoms with van der Waals surface area (Å²) in [6.45, 7) is 6.00. The molecule has 3 aromatic rings. The van der Waals surface area contributed by atoms with E-state index in [9.17, 15) is 4.79 Å². The Kier molecular flexibility index (Phi) is 8.43. The third kappa shape index (κ3) is 6.70. The molecule has 0 saturated heterocycles. The number of carbonyl (C=O) groups is 1. The maximum absolute atomic E-state index is 12.4. The predicted octanol–water partition coefficient (Wildman–Crippen LogP) is 3.32. The molecular formula is C25H32N6O. The molecule has 2 aromatic carbocycles. The van der Waals surface area contributed by atoms with E-state index in [0.717, 1.165) is 18.5 Å². The normalized spacial score (nSPS) is 12.3. The van der Waals surface area contributed by atoms with Gasteiger partial charge in [-0.25, -0.2) is 0 Å². The Bertz CT molecular complexity index is 1030. The van der Waals surface area contributed by atoms with Crippen LogP contribution in [0.15, 0.2) is 72.0 Å². The van der Waals surface area contributed by atoms with E-state index in [1.165, 1.54) is 11.1 Å². The van der Waals surface area contributed by atoms with Gasteiger partial charge in [0.1, 0.15) is 0 Å². The first kappa shape index (κ1) is 23.1. The highest BCUT2D eigenvalue weighted by Crippen LogP contribution is 2.10. The largest absolute Gasteiger partial charge is 0.352 e. The molecule has 0 bridgehead atoms. The molecular weight excluding hydrogens is 400 g/mol. The molecule has 7 heteroatoms. The first-order valence-electron chi connectivity index (χ1n) is 11.0. The van der Waals surface area contributed by atoms with E-state index in [0.29, 0.717) is 24.6 Å². The number of aliphatic imine (C=N–C) groups is 1. The number of hydrogen-bond donors (Lipinski definition) is 3. The van der Waals surface area contributed by atoms with Crippen molar-refractivity contribution in [1.82, 2.24) is 25.7 Å². The molecule has 0 saturated carbocycles. The molecule has 3 rings (SSSR count). The molecule has 32 heavy (non-hydrogen) atoms. The zero-order valence-corrected chi connectivity index (χ0v) is 19.0. The number of nitrogens with zero attached hydrogens (tertiary/aromatic N) is 3. The number of nitrogens with one attached hydrogen (secondary N) is 3. The lowest BCUT2D eigenvalue weighted by Gasteiger charge is -2.15. The summed E-state index contributed by atoms with van der Waals surface area (Å²) in [6, 6.07) is 18.0. The van der Waals surface area contributed by atoms with Gasteiger partial charge in [0.05, 0.1) is 6.54 Å². The van der Waals surface area contributed by atoms with Crippen LogP contribution in [-0.4, -0.2) is 34.7 Å². The predicted molar refractivity (Wildman–Crippen MR) is 128 cm³/mol. The van der Waals surface area contributed by atoms with Crippen LogP contribution in [-0.2, 0) is 19.6 Å². The van der Waals surface area contributed by atoms with E-state index in [-0.39, 0.29) is 11.9 Å². The van der Waals surface area contributed by atoms with Gasteiger partial charge in [-0.2, -0.15) is 5.10 Å². The third-order valence-electron chi connectivity index (χ3n) is 5.32. The minimum Gasteiger partial charge on any atom is -0.352 e. The Hall–Kier alpha value is -3.61. The highest BCUT2D eigenvalue weighted by atomic mass is 16.1. The van der Waals surface area contributed by atoms with Gasteiger partial charge in [0, 0.05) is 44.1 Å². The van der Waals surface area contributed by atoms with Gasteiger partial charge in [-0.05, 0) is 48.2 Å². The van der Waals surface area contributed by atoms with Crippen molar-refractivity contribution in [3.05, 3.63) is 89.2 Å². The molecule has 0 aliphatic rings. The third-order valence-corrected chi connectivity index (χ3v) is 5.32. The lowest BCUT2D eigenvalue weighted by molar-refractivity contribution is 0.0939. The van der Waals surface area contributed by atoms with Crippen LogP contribution >= 0.6 is 0 Å². The number of hydrogen-bond acceptors (Lipinski definition) is 3. The molecule has 1 amide bonds. The second-order valence-corrected chi connectivity index (χ2v) is 7.73. The van der Waals surface area contributed by atoms with Gasteiger partial charge in [-0.15, -0.1) is 0 Å². The number of benzene rings is 2. The number of guanidine groups is 1. The van der Waals surface area contributed by atoms with Gasteiger partial charge in [0.25, 0.3) is 5.91 Å². The average molecular weight is 433 g/mol. The van der Waals surface area contributed by atoms with E-state index in [2.05, 4.69) is 45.1 Å². The summed E-state index contributed by atoms with van der Waals surface area (Å²) in [5.41, 5.74) is 4.08. The lowest BCUT2D eigenvalue weighted by atomic mass is 10.1. The molecule has 0 spiro atoms. The second kappa shape index (κ2) is 11.7. The van der Waals surface area contributed by atoms with Crippen LogP contribution in [0.5, 0.6) is 0 Å². The minimum absolute atomic E-state index is 0.0440. The van der Waals surface area contributed by atoms with Crippen molar-refractivity contribution in [2.45, 2.75) is 45.9 Å². The molecule has 7 nitrogen and oxygen atoms in total. The highest BCUT2D eigenvalue weighted by molar-refractivity contribution is 5.94. The summed E-state index contributed by atoms with van der Waals surface area (Å²) in [5.74, 6) is 0.658. The Balaban J connectivity index is 1.56. The van der Waals surface area contributed by atoms with E-state index >= 15 is 0 Å². The molecule has 0 aliphatic carbocycles. The molecule has 3 N–H and O–H groups in total. The first-order valence-corrected chi connectivity index (χ1v) is 11.0. The number of aromatic nitrogens is 2. The summed E-state index contributed by atoms with van der Waals surface area (Å²) in [4.78, 5) is 16.7. The van der Waals surface area contributed by atoms with Crippen LogP contribution in [0.4, 0.5) is 0 Å². The van der Waals surface area contributed by atoms with E-state index < -0.39 is 0 Å². The minimum atomic E-state index is -0.0440. The fourth-order valence-corrected chi connectivity index (χ4v) is 3.27. The van der Waals surface area contributed by atoms with Crippen molar-refractivity contribution in [3.63, 3.8) is 0 Å². The van der Waals surface area contributed by atoms with Gasteiger partial charge in [0.2, 0.25) is 0 Å². The van der Waals surface area contributed by atoms with E-state index in [4.69, 9.17) is 0 Å². The quantitative estimate of drug-likeness (QED) is 0.358. The summed E-state index contributed by atoms with van der Waals surface area (Å²) < 4.78 is 1.91. The molecule has 0 radical (unpaired) electrons. The summed E-state index contributed by atoms with van der Waals surface area (Å²) in [6.07, 6.45) is 4.65. The van der Waals surface area contributed by atoms with Crippen molar-refractivity contribution < 1.29 is 4.79 Å². The fraction of sp³-hybridized carbons (Fsp3) is 0.320. The Morgan fingerprint density at radius 2 is 1.84 bits per heavy atom. The summed E-state index contributed by atoms with van der Waals surface area (Å²) >= 11 is 0. The molecule has 0 fully saturated rings. The van der Waals surface area contributed by atoms with E-state index in [1.54, 1.807) is 13.2 Å². The van der Waals surface area contributed by atoms with Gasteiger partial charge < -0.3 is 16.0 Å². The van der Waals surface area contributed by atoms with E-state index in [1.807, 2.05) is 60.3 Å². The van der Waals surface area contributed by atoms with Gasteiger partial charge in [-0.1, -0.05) is 43.3 Å². The maximum atomic E-state index is 12.4. The highest BCUT2D eigenvalue weighted by Gasteiger charge is 2.09. The van der Waals surface area contributed by atoms with Crippen molar-refractivity contribution in [2.24, 2.45) is 4.99 Å². The van der Waals surface area contributed by atoms with Crippen molar-refractivity contribution in [2.75, 3.05) is 7.05 Å². The molecule has 1 unspecified atom stereocenters. The lowest BCUT2D eigenvalue weighted by Crippen LogP contribution is -2.36. The Morgan fingerprint density at radius 3 is 2.56 bits per heavy atom. The van der Waals surface area contributed by atoms with Crippen molar-refractivity contribution >= 4 is 11.9 Å². The molecule has 1 heterocycles. The zero-order valence-electron chi connectivity index (χ0n) is 19.0. The summed E-state index contributed by atoms with van der Waals surface area (Å²) in [5, 5.41) is 14.0. The number of amides is 1. The molecule has 1 aromatic heterocycles. The van der Waals surface area contributed by atoms with Crippen LogP contribution in [0.25, 0.3) is 0 Å². The topological polar surface area (TPSA) is 83.3 Å².